The van der Waals surface area contributed by atoms with Gasteiger partial charge in [0.05, 0.1) is 0 Å². The van der Waals surface area contributed by atoms with Gasteiger partial charge in [-0.15, -0.1) is 0 Å². The summed E-state index contributed by atoms with van der Waals surface area (Å²) in [7, 11) is 0. The summed E-state index contributed by atoms with van der Waals surface area (Å²) >= 11 is 0. The molecular formula is C18H27N3. The lowest BCUT2D eigenvalue weighted by atomic mass is 10.1. The third-order valence-electron chi connectivity index (χ3n) is 5.53. The number of anilines is 1. The van der Waals surface area contributed by atoms with E-state index >= 15 is 0 Å². The van der Waals surface area contributed by atoms with Crippen molar-refractivity contribution < 1.29 is 0 Å². The van der Waals surface area contributed by atoms with Crippen LogP contribution in [0, 0.1) is 0 Å². The standard InChI is InChI=1S/C18H27N3/c1-2-4-17(3-1)21-11-9-20(10-12-21)14-15-5-6-18-16(13-15)7-8-19-18/h5-6,13,17,19H,1-4,7-12,14H2. The van der Waals surface area contributed by atoms with E-state index in [-0.39, 0.29) is 0 Å². The average molecular weight is 285 g/mol. The SMILES string of the molecule is c1cc2c(cc1CN1CCN(C3CCCC3)CC1)CCN2. The van der Waals surface area contributed by atoms with Crippen LogP contribution in [0.4, 0.5) is 5.69 Å². The first-order valence-corrected chi connectivity index (χ1v) is 8.70. The summed E-state index contributed by atoms with van der Waals surface area (Å²) in [4.78, 5) is 5.38. The minimum absolute atomic E-state index is 0.901. The highest BCUT2D eigenvalue weighted by Gasteiger charge is 2.26. The Balaban J connectivity index is 1.32. The largest absolute Gasteiger partial charge is 0.384 e. The second kappa shape index (κ2) is 5.98. The Kier molecular flexibility index (Phi) is 3.87. The van der Waals surface area contributed by atoms with Crippen LogP contribution in [0.25, 0.3) is 0 Å². The van der Waals surface area contributed by atoms with Gasteiger partial charge in [-0.05, 0) is 36.5 Å². The maximum absolute atomic E-state index is 3.45. The summed E-state index contributed by atoms with van der Waals surface area (Å²) in [6, 6.07) is 7.89. The second-order valence-corrected chi connectivity index (χ2v) is 6.92. The summed E-state index contributed by atoms with van der Waals surface area (Å²) in [5.74, 6) is 0. The van der Waals surface area contributed by atoms with Gasteiger partial charge in [0.15, 0.2) is 0 Å². The van der Waals surface area contributed by atoms with Crippen LogP contribution < -0.4 is 5.32 Å². The Hall–Kier alpha value is -1.06. The molecule has 1 saturated heterocycles. The van der Waals surface area contributed by atoms with Gasteiger partial charge in [-0.1, -0.05) is 25.0 Å². The maximum Gasteiger partial charge on any atom is 0.0373 e. The fraction of sp³-hybridized carbons (Fsp3) is 0.667. The molecule has 0 radical (unpaired) electrons. The lowest BCUT2D eigenvalue weighted by Crippen LogP contribution is -2.49. The van der Waals surface area contributed by atoms with E-state index in [9.17, 15) is 0 Å². The van der Waals surface area contributed by atoms with Crippen molar-refractivity contribution in [1.82, 2.24) is 9.80 Å². The molecule has 4 rings (SSSR count). The molecule has 2 heterocycles. The number of fused-ring (bicyclic) bond motifs is 1. The molecule has 2 aliphatic heterocycles. The van der Waals surface area contributed by atoms with Gasteiger partial charge >= 0.3 is 0 Å². The molecule has 0 aromatic heterocycles. The molecule has 0 atom stereocenters. The molecule has 3 aliphatic rings. The minimum Gasteiger partial charge on any atom is -0.384 e. The molecule has 114 valence electrons. The molecule has 21 heavy (non-hydrogen) atoms. The normalized spacial score (nSPS) is 24.2. The molecule has 1 saturated carbocycles. The van der Waals surface area contributed by atoms with Gasteiger partial charge in [-0.25, -0.2) is 0 Å². The van der Waals surface area contributed by atoms with Gasteiger partial charge in [0.2, 0.25) is 0 Å². The molecule has 0 amide bonds. The number of hydrogen-bond acceptors (Lipinski definition) is 3. The van der Waals surface area contributed by atoms with Crippen LogP contribution in [0.1, 0.15) is 36.8 Å². The summed E-state index contributed by atoms with van der Waals surface area (Å²) in [5, 5.41) is 3.45. The second-order valence-electron chi connectivity index (χ2n) is 6.92. The monoisotopic (exact) mass is 285 g/mol. The summed E-state index contributed by atoms with van der Waals surface area (Å²) < 4.78 is 0. The van der Waals surface area contributed by atoms with E-state index in [0.717, 1.165) is 19.1 Å². The molecule has 3 nitrogen and oxygen atoms in total. The third kappa shape index (κ3) is 2.95. The molecule has 3 heteroatoms. The number of benzene rings is 1. The average Bonchev–Trinajstić information content (AvgIpc) is 3.19. The Morgan fingerprint density at radius 3 is 2.67 bits per heavy atom. The first kappa shape index (κ1) is 13.6. The van der Waals surface area contributed by atoms with Crippen molar-refractivity contribution in [3.05, 3.63) is 29.3 Å². The fourth-order valence-corrected chi connectivity index (χ4v) is 4.27. The molecule has 0 unspecified atom stereocenters. The molecular weight excluding hydrogens is 258 g/mol. The topological polar surface area (TPSA) is 18.5 Å². The first-order valence-electron chi connectivity index (χ1n) is 8.70. The van der Waals surface area contributed by atoms with Gasteiger partial charge in [-0.3, -0.25) is 9.80 Å². The van der Waals surface area contributed by atoms with Crippen LogP contribution in [-0.2, 0) is 13.0 Å². The first-order chi connectivity index (χ1) is 10.4. The van der Waals surface area contributed by atoms with Crippen LogP contribution in [0.15, 0.2) is 18.2 Å². The van der Waals surface area contributed by atoms with Crippen molar-refractivity contribution in [2.75, 3.05) is 38.0 Å². The van der Waals surface area contributed by atoms with Gasteiger partial charge in [0.25, 0.3) is 0 Å². The van der Waals surface area contributed by atoms with Crippen molar-refractivity contribution >= 4 is 5.69 Å². The third-order valence-corrected chi connectivity index (χ3v) is 5.53. The van der Waals surface area contributed by atoms with Gasteiger partial charge < -0.3 is 5.32 Å². The highest BCUT2D eigenvalue weighted by molar-refractivity contribution is 5.56. The summed E-state index contributed by atoms with van der Waals surface area (Å²) in [6.45, 7) is 7.27. The number of hydrogen-bond donors (Lipinski definition) is 1. The Morgan fingerprint density at radius 2 is 1.86 bits per heavy atom. The molecule has 0 spiro atoms. The Morgan fingerprint density at radius 1 is 1.05 bits per heavy atom. The predicted molar refractivity (Wildman–Crippen MR) is 87.7 cm³/mol. The van der Waals surface area contributed by atoms with E-state index < -0.39 is 0 Å². The van der Waals surface area contributed by atoms with Crippen LogP contribution in [0.5, 0.6) is 0 Å². The van der Waals surface area contributed by atoms with Crippen LogP contribution >= 0.6 is 0 Å². The lowest BCUT2D eigenvalue weighted by Gasteiger charge is -2.38. The molecule has 1 aromatic rings. The van der Waals surface area contributed by atoms with E-state index in [2.05, 4.69) is 33.3 Å². The van der Waals surface area contributed by atoms with Crippen LogP contribution in [0.3, 0.4) is 0 Å². The van der Waals surface area contributed by atoms with E-state index in [4.69, 9.17) is 0 Å². The van der Waals surface area contributed by atoms with Crippen LogP contribution in [-0.4, -0.2) is 48.6 Å². The lowest BCUT2D eigenvalue weighted by molar-refractivity contribution is 0.0937. The smallest absolute Gasteiger partial charge is 0.0373 e. The maximum atomic E-state index is 3.45. The molecule has 2 fully saturated rings. The Bertz CT molecular complexity index is 485. The highest BCUT2D eigenvalue weighted by atomic mass is 15.3. The number of nitrogens with zero attached hydrogens (tertiary/aromatic N) is 2. The van der Waals surface area contributed by atoms with E-state index in [0.29, 0.717) is 0 Å². The van der Waals surface area contributed by atoms with E-state index in [1.165, 1.54) is 75.1 Å². The van der Waals surface area contributed by atoms with E-state index in [1.807, 2.05) is 0 Å². The van der Waals surface area contributed by atoms with Crippen LogP contribution in [0.2, 0.25) is 0 Å². The predicted octanol–water partition coefficient (Wildman–Crippen LogP) is 2.71. The zero-order chi connectivity index (χ0) is 14.1. The molecule has 1 aromatic carbocycles. The van der Waals surface area contributed by atoms with Crippen molar-refractivity contribution in [3.63, 3.8) is 0 Å². The van der Waals surface area contributed by atoms with Gasteiger partial charge in [0, 0.05) is 51.0 Å². The number of nitrogens with one attached hydrogen (secondary N) is 1. The molecule has 1 N–H and O–H groups in total. The summed E-state index contributed by atoms with van der Waals surface area (Å²) in [5.41, 5.74) is 4.36. The number of rotatable bonds is 3. The van der Waals surface area contributed by atoms with E-state index in [1.54, 1.807) is 0 Å². The number of piperazine rings is 1. The Labute approximate surface area is 128 Å². The zero-order valence-electron chi connectivity index (χ0n) is 13.0. The van der Waals surface area contributed by atoms with Crippen molar-refractivity contribution in [1.29, 1.82) is 0 Å². The molecule has 0 bridgehead atoms. The minimum atomic E-state index is 0.901. The fourth-order valence-electron chi connectivity index (χ4n) is 4.27. The highest BCUT2D eigenvalue weighted by Crippen LogP contribution is 2.26. The van der Waals surface area contributed by atoms with Gasteiger partial charge in [-0.2, -0.15) is 0 Å². The van der Waals surface area contributed by atoms with Crippen molar-refractivity contribution in [3.8, 4) is 0 Å². The van der Waals surface area contributed by atoms with Crippen molar-refractivity contribution in [2.24, 2.45) is 0 Å². The quantitative estimate of drug-likeness (QED) is 0.921. The van der Waals surface area contributed by atoms with Gasteiger partial charge in [0.1, 0.15) is 0 Å². The zero-order valence-corrected chi connectivity index (χ0v) is 13.0. The molecule has 1 aliphatic carbocycles. The summed E-state index contributed by atoms with van der Waals surface area (Å²) in [6.07, 6.45) is 6.98. The van der Waals surface area contributed by atoms with Crippen molar-refractivity contribution in [2.45, 2.75) is 44.7 Å².